The standard InChI is InChI=1S/C18H22N2O3S/c1-12(2)23-15-8-6-14(7-9-15)20-18(22)17(21)19-11-13(3)16-5-4-10-24-16/h4-10,12-13H,11H2,1-3H3,(H,19,21)(H,20,22)/t13-/m1/s1. The molecule has 0 aliphatic carbocycles. The zero-order valence-corrected chi connectivity index (χ0v) is 14.9. The Labute approximate surface area is 146 Å². The lowest BCUT2D eigenvalue weighted by Crippen LogP contribution is -2.37. The number of benzene rings is 1. The first-order valence-electron chi connectivity index (χ1n) is 7.85. The van der Waals surface area contributed by atoms with Crippen LogP contribution in [0.4, 0.5) is 5.69 Å². The Morgan fingerprint density at radius 3 is 2.38 bits per heavy atom. The number of nitrogens with one attached hydrogen (secondary N) is 2. The van der Waals surface area contributed by atoms with Crippen LogP contribution in [0.2, 0.25) is 0 Å². The van der Waals surface area contributed by atoms with Crippen molar-refractivity contribution in [3.63, 3.8) is 0 Å². The molecule has 24 heavy (non-hydrogen) atoms. The summed E-state index contributed by atoms with van der Waals surface area (Å²) in [7, 11) is 0. The van der Waals surface area contributed by atoms with E-state index in [1.165, 1.54) is 4.88 Å². The zero-order chi connectivity index (χ0) is 17.5. The van der Waals surface area contributed by atoms with Crippen LogP contribution in [0.1, 0.15) is 31.6 Å². The Balaban J connectivity index is 1.81. The number of anilines is 1. The van der Waals surface area contributed by atoms with Crippen molar-refractivity contribution in [1.82, 2.24) is 5.32 Å². The Morgan fingerprint density at radius 2 is 1.79 bits per heavy atom. The van der Waals surface area contributed by atoms with Gasteiger partial charge in [-0.25, -0.2) is 0 Å². The molecule has 0 fully saturated rings. The molecule has 0 aliphatic heterocycles. The van der Waals surface area contributed by atoms with Crippen LogP contribution in [0.3, 0.4) is 0 Å². The van der Waals surface area contributed by atoms with Gasteiger partial charge in [-0.15, -0.1) is 11.3 Å². The first-order valence-corrected chi connectivity index (χ1v) is 8.73. The van der Waals surface area contributed by atoms with Crippen molar-refractivity contribution >= 4 is 28.8 Å². The SMILES string of the molecule is CC(C)Oc1ccc(NC(=O)C(=O)NC[C@@H](C)c2cccs2)cc1. The van der Waals surface area contributed by atoms with Gasteiger partial charge < -0.3 is 15.4 Å². The van der Waals surface area contributed by atoms with Crippen molar-refractivity contribution in [2.75, 3.05) is 11.9 Å². The van der Waals surface area contributed by atoms with Crippen LogP contribution in [0.25, 0.3) is 0 Å². The molecule has 0 spiro atoms. The van der Waals surface area contributed by atoms with Gasteiger partial charge in [0.15, 0.2) is 0 Å². The molecule has 2 rings (SSSR count). The molecular weight excluding hydrogens is 324 g/mol. The van der Waals surface area contributed by atoms with E-state index in [0.717, 1.165) is 5.75 Å². The Hall–Kier alpha value is -2.34. The summed E-state index contributed by atoms with van der Waals surface area (Å²) in [5, 5.41) is 7.23. The van der Waals surface area contributed by atoms with Gasteiger partial charge in [-0.2, -0.15) is 0 Å². The molecule has 0 aliphatic rings. The fourth-order valence-corrected chi connectivity index (χ4v) is 2.86. The number of thiophene rings is 1. The zero-order valence-electron chi connectivity index (χ0n) is 14.0. The Bertz CT molecular complexity index is 666. The van der Waals surface area contributed by atoms with Gasteiger partial charge in [0.2, 0.25) is 0 Å². The number of carbonyl (C=O) groups is 2. The van der Waals surface area contributed by atoms with Crippen molar-refractivity contribution in [3.8, 4) is 5.75 Å². The van der Waals surface area contributed by atoms with Gasteiger partial charge in [-0.1, -0.05) is 13.0 Å². The summed E-state index contributed by atoms with van der Waals surface area (Å²) in [6.07, 6.45) is 0.0848. The Morgan fingerprint density at radius 1 is 1.08 bits per heavy atom. The normalized spacial score (nSPS) is 11.8. The molecule has 1 atom stereocenters. The maximum atomic E-state index is 11.9. The minimum absolute atomic E-state index is 0.0848. The molecule has 1 heterocycles. The van der Waals surface area contributed by atoms with E-state index in [1.807, 2.05) is 38.3 Å². The van der Waals surface area contributed by atoms with Gasteiger partial charge in [0.1, 0.15) is 5.75 Å². The van der Waals surface area contributed by atoms with Crippen molar-refractivity contribution in [2.45, 2.75) is 32.8 Å². The first kappa shape index (κ1) is 18.0. The summed E-state index contributed by atoms with van der Waals surface area (Å²) in [5.41, 5.74) is 0.553. The third kappa shape index (κ3) is 5.38. The molecule has 0 saturated heterocycles. The lowest BCUT2D eigenvalue weighted by Gasteiger charge is -2.12. The van der Waals surface area contributed by atoms with Crippen molar-refractivity contribution in [1.29, 1.82) is 0 Å². The average molecular weight is 346 g/mol. The molecular formula is C18H22N2O3S. The highest BCUT2D eigenvalue weighted by Crippen LogP contribution is 2.19. The van der Waals surface area contributed by atoms with Gasteiger partial charge in [0.25, 0.3) is 0 Å². The number of carbonyl (C=O) groups excluding carboxylic acids is 2. The summed E-state index contributed by atoms with van der Waals surface area (Å²) >= 11 is 1.64. The summed E-state index contributed by atoms with van der Waals surface area (Å²) in [6.45, 7) is 6.32. The van der Waals surface area contributed by atoms with Crippen molar-refractivity contribution in [3.05, 3.63) is 46.7 Å². The van der Waals surface area contributed by atoms with Gasteiger partial charge in [-0.05, 0) is 49.6 Å². The van der Waals surface area contributed by atoms with Crippen LogP contribution >= 0.6 is 11.3 Å². The lowest BCUT2D eigenvalue weighted by molar-refractivity contribution is -0.136. The van der Waals surface area contributed by atoms with E-state index in [-0.39, 0.29) is 12.0 Å². The molecule has 2 N–H and O–H groups in total. The maximum absolute atomic E-state index is 11.9. The predicted molar refractivity (Wildman–Crippen MR) is 96.6 cm³/mol. The van der Waals surface area contributed by atoms with Crippen LogP contribution in [0.15, 0.2) is 41.8 Å². The van der Waals surface area contributed by atoms with E-state index in [4.69, 9.17) is 4.74 Å². The number of hydrogen-bond donors (Lipinski definition) is 2. The highest BCUT2D eigenvalue weighted by molar-refractivity contribution is 7.10. The summed E-state index contributed by atoms with van der Waals surface area (Å²) in [6, 6.07) is 10.9. The van der Waals surface area contributed by atoms with Gasteiger partial charge in [-0.3, -0.25) is 9.59 Å². The fourth-order valence-electron chi connectivity index (χ4n) is 2.08. The van der Waals surface area contributed by atoms with E-state index in [9.17, 15) is 9.59 Å². The number of amides is 2. The highest BCUT2D eigenvalue weighted by Gasteiger charge is 2.15. The molecule has 2 amide bonds. The molecule has 0 bridgehead atoms. The topological polar surface area (TPSA) is 67.4 Å². The maximum Gasteiger partial charge on any atom is 0.313 e. The summed E-state index contributed by atoms with van der Waals surface area (Å²) < 4.78 is 5.53. The van der Waals surface area contributed by atoms with Gasteiger partial charge in [0.05, 0.1) is 6.10 Å². The minimum Gasteiger partial charge on any atom is -0.491 e. The largest absolute Gasteiger partial charge is 0.491 e. The van der Waals surface area contributed by atoms with E-state index < -0.39 is 11.8 Å². The van der Waals surface area contributed by atoms with Crippen LogP contribution in [0.5, 0.6) is 5.75 Å². The minimum atomic E-state index is -0.675. The first-order chi connectivity index (χ1) is 11.5. The van der Waals surface area contributed by atoms with Crippen molar-refractivity contribution in [2.24, 2.45) is 0 Å². The van der Waals surface area contributed by atoms with Crippen LogP contribution in [-0.2, 0) is 9.59 Å². The van der Waals surface area contributed by atoms with E-state index in [1.54, 1.807) is 35.6 Å². The molecule has 6 heteroatoms. The van der Waals surface area contributed by atoms with E-state index in [0.29, 0.717) is 12.2 Å². The van der Waals surface area contributed by atoms with Crippen molar-refractivity contribution < 1.29 is 14.3 Å². The lowest BCUT2D eigenvalue weighted by atomic mass is 10.1. The molecule has 0 unspecified atom stereocenters. The second-order valence-corrected chi connectivity index (χ2v) is 6.75. The van der Waals surface area contributed by atoms with Gasteiger partial charge >= 0.3 is 11.8 Å². The van der Waals surface area contributed by atoms with Crippen LogP contribution in [0, 0.1) is 0 Å². The summed E-state index contributed by atoms with van der Waals surface area (Å²) in [5.74, 6) is -0.418. The predicted octanol–water partition coefficient (Wildman–Crippen LogP) is 3.39. The highest BCUT2D eigenvalue weighted by atomic mass is 32.1. The second kappa shape index (κ2) is 8.49. The molecule has 2 aromatic rings. The second-order valence-electron chi connectivity index (χ2n) is 5.77. The molecule has 0 radical (unpaired) electrons. The number of rotatable bonds is 6. The third-order valence-corrected chi connectivity index (χ3v) is 4.39. The van der Waals surface area contributed by atoms with Gasteiger partial charge in [0, 0.05) is 23.0 Å². The fraction of sp³-hybridized carbons (Fsp3) is 0.333. The van der Waals surface area contributed by atoms with Crippen LogP contribution < -0.4 is 15.4 Å². The van der Waals surface area contributed by atoms with E-state index in [2.05, 4.69) is 10.6 Å². The molecule has 1 aromatic heterocycles. The summed E-state index contributed by atoms with van der Waals surface area (Å²) in [4.78, 5) is 25.0. The molecule has 5 nitrogen and oxygen atoms in total. The number of hydrogen-bond acceptors (Lipinski definition) is 4. The quantitative estimate of drug-likeness (QED) is 0.788. The number of ether oxygens (including phenoxy) is 1. The Kier molecular flexibility index (Phi) is 6.37. The third-order valence-electron chi connectivity index (χ3n) is 3.29. The van der Waals surface area contributed by atoms with Crippen LogP contribution in [-0.4, -0.2) is 24.5 Å². The smallest absolute Gasteiger partial charge is 0.313 e. The molecule has 128 valence electrons. The molecule has 1 aromatic carbocycles. The average Bonchev–Trinajstić information content (AvgIpc) is 3.08. The van der Waals surface area contributed by atoms with E-state index >= 15 is 0 Å². The monoisotopic (exact) mass is 346 g/mol. The molecule has 0 saturated carbocycles.